The third-order valence-corrected chi connectivity index (χ3v) is 6.18. The summed E-state index contributed by atoms with van der Waals surface area (Å²) >= 11 is 0. The Kier molecular flexibility index (Phi) is 4.72. The molecule has 0 radical (unpaired) electrons. The molecule has 2 aromatic carbocycles. The summed E-state index contributed by atoms with van der Waals surface area (Å²) < 4.78 is 27.2. The molecule has 0 atom stereocenters. The van der Waals surface area contributed by atoms with Crippen molar-refractivity contribution >= 4 is 26.8 Å². The van der Waals surface area contributed by atoms with Crippen LogP contribution < -0.4 is 10.0 Å². The molecule has 1 heterocycles. The first-order valence-corrected chi connectivity index (χ1v) is 10.5. The lowest BCUT2D eigenvalue weighted by atomic mass is 10.1. The molecule has 1 amide bonds. The Hall–Kier alpha value is -2.64. The van der Waals surface area contributed by atoms with Crippen LogP contribution in [-0.4, -0.2) is 31.9 Å². The van der Waals surface area contributed by atoms with Crippen LogP contribution >= 0.6 is 0 Å². The van der Waals surface area contributed by atoms with Gasteiger partial charge in [-0.25, -0.2) is 13.1 Å². The highest BCUT2D eigenvalue weighted by Crippen LogP contribution is 2.22. The number of nitrogens with one attached hydrogen (secondary N) is 3. The number of aromatic amines is 1. The number of hydrogen-bond donors (Lipinski definition) is 3. The molecule has 3 aromatic rings. The third kappa shape index (κ3) is 4.04. The van der Waals surface area contributed by atoms with E-state index >= 15 is 0 Å². The fraction of sp³-hybridized carbons (Fsp3) is 0.250. The van der Waals surface area contributed by atoms with E-state index in [1.165, 1.54) is 12.1 Å². The standard InChI is InChI=1S/C20H21N3O3S/c24-20(21-11-10-15-13-22-19-7-2-1-6-18(15)19)14-4-3-5-17(12-14)27(25,26)23-16-8-9-16/h1-7,12-13,16,22-23H,8-11H2,(H,21,24). The number of rotatable bonds is 7. The minimum Gasteiger partial charge on any atom is -0.361 e. The molecule has 0 aliphatic heterocycles. The van der Waals surface area contributed by atoms with Crippen molar-refractivity contribution in [1.29, 1.82) is 0 Å². The second-order valence-electron chi connectivity index (χ2n) is 6.79. The van der Waals surface area contributed by atoms with Gasteiger partial charge in [0.2, 0.25) is 10.0 Å². The van der Waals surface area contributed by atoms with Crippen LogP contribution in [0.1, 0.15) is 28.8 Å². The fourth-order valence-corrected chi connectivity index (χ4v) is 4.39. The summed E-state index contributed by atoms with van der Waals surface area (Å²) in [5.74, 6) is -0.279. The zero-order chi connectivity index (χ0) is 18.9. The maximum atomic E-state index is 12.4. The molecular formula is C20H21N3O3S. The number of carbonyl (C=O) groups excluding carboxylic acids is 1. The highest BCUT2D eigenvalue weighted by molar-refractivity contribution is 7.89. The van der Waals surface area contributed by atoms with E-state index in [-0.39, 0.29) is 16.8 Å². The molecule has 0 spiro atoms. The summed E-state index contributed by atoms with van der Waals surface area (Å²) in [5, 5.41) is 4.01. The van der Waals surface area contributed by atoms with E-state index in [0.29, 0.717) is 18.5 Å². The first kappa shape index (κ1) is 17.8. The molecule has 4 rings (SSSR count). The average Bonchev–Trinajstić information content (AvgIpc) is 3.38. The van der Waals surface area contributed by atoms with E-state index in [1.807, 2.05) is 30.5 Å². The Labute approximate surface area is 158 Å². The van der Waals surface area contributed by atoms with Crippen molar-refractivity contribution in [2.24, 2.45) is 0 Å². The summed E-state index contributed by atoms with van der Waals surface area (Å²) in [6.45, 7) is 0.470. The normalized spacial score (nSPS) is 14.4. The predicted molar refractivity (Wildman–Crippen MR) is 104 cm³/mol. The monoisotopic (exact) mass is 383 g/mol. The maximum Gasteiger partial charge on any atom is 0.251 e. The van der Waals surface area contributed by atoms with Crippen molar-refractivity contribution in [1.82, 2.24) is 15.0 Å². The molecule has 140 valence electrons. The first-order chi connectivity index (χ1) is 13.0. The van der Waals surface area contributed by atoms with Crippen molar-refractivity contribution in [3.8, 4) is 0 Å². The topological polar surface area (TPSA) is 91.1 Å². The minimum atomic E-state index is -3.57. The van der Waals surface area contributed by atoms with Gasteiger partial charge in [-0.1, -0.05) is 24.3 Å². The van der Waals surface area contributed by atoms with E-state index in [4.69, 9.17) is 0 Å². The van der Waals surface area contributed by atoms with Crippen LogP contribution in [0.4, 0.5) is 0 Å². The number of fused-ring (bicyclic) bond motifs is 1. The zero-order valence-electron chi connectivity index (χ0n) is 14.7. The van der Waals surface area contributed by atoms with Crippen molar-refractivity contribution in [3.63, 3.8) is 0 Å². The summed E-state index contributed by atoms with van der Waals surface area (Å²) in [5.41, 5.74) is 2.54. The highest BCUT2D eigenvalue weighted by atomic mass is 32.2. The number of H-pyrrole nitrogens is 1. The first-order valence-electron chi connectivity index (χ1n) is 8.98. The Bertz CT molecular complexity index is 1080. The van der Waals surface area contributed by atoms with Gasteiger partial charge in [-0.15, -0.1) is 0 Å². The molecule has 27 heavy (non-hydrogen) atoms. The van der Waals surface area contributed by atoms with Crippen molar-refractivity contribution < 1.29 is 13.2 Å². The number of amides is 1. The lowest BCUT2D eigenvalue weighted by Gasteiger charge is -2.08. The van der Waals surface area contributed by atoms with E-state index in [1.54, 1.807) is 12.1 Å². The number of hydrogen-bond acceptors (Lipinski definition) is 3. The SMILES string of the molecule is O=C(NCCc1c[nH]c2ccccc12)c1cccc(S(=O)(=O)NC2CC2)c1. The van der Waals surface area contributed by atoms with Gasteiger partial charge in [-0.05, 0) is 49.1 Å². The second-order valence-corrected chi connectivity index (χ2v) is 8.50. The average molecular weight is 383 g/mol. The van der Waals surface area contributed by atoms with Crippen LogP contribution in [0.5, 0.6) is 0 Å². The molecule has 0 saturated heterocycles. The smallest absolute Gasteiger partial charge is 0.251 e. The van der Waals surface area contributed by atoms with Gasteiger partial charge in [0, 0.05) is 35.2 Å². The van der Waals surface area contributed by atoms with Gasteiger partial charge < -0.3 is 10.3 Å². The Morgan fingerprint density at radius 2 is 1.93 bits per heavy atom. The summed E-state index contributed by atoms with van der Waals surface area (Å²) in [7, 11) is -3.57. The van der Waals surface area contributed by atoms with Crippen LogP contribution in [0, 0.1) is 0 Å². The van der Waals surface area contributed by atoms with Gasteiger partial charge in [0.25, 0.3) is 5.91 Å². The number of sulfonamides is 1. The molecule has 3 N–H and O–H groups in total. The molecule has 1 aromatic heterocycles. The predicted octanol–water partition coefficient (Wildman–Crippen LogP) is 2.58. The van der Waals surface area contributed by atoms with Crippen molar-refractivity contribution in [2.45, 2.75) is 30.2 Å². The van der Waals surface area contributed by atoms with Gasteiger partial charge in [0.15, 0.2) is 0 Å². The molecule has 0 bridgehead atoms. The van der Waals surface area contributed by atoms with E-state index in [9.17, 15) is 13.2 Å². The molecule has 6 nitrogen and oxygen atoms in total. The summed E-state index contributed by atoms with van der Waals surface area (Å²) in [6.07, 6.45) is 4.38. The molecule has 1 saturated carbocycles. The molecular weight excluding hydrogens is 362 g/mol. The molecule has 0 unspecified atom stereocenters. The Morgan fingerprint density at radius 3 is 2.74 bits per heavy atom. The molecule has 1 aliphatic carbocycles. The van der Waals surface area contributed by atoms with Gasteiger partial charge in [0.05, 0.1) is 4.90 Å². The van der Waals surface area contributed by atoms with Crippen LogP contribution in [-0.2, 0) is 16.4 Å². The Morgan fingerprint density at radius 1 is 1.11 bits per heavy atom. The van der Waals surface area contributed by atoms with Gasteiger partial charge in [-0.3, -0.25) is 4.79 Å². The van der Waals surface area contributed by atoms with Crippen LogP contribution in [0.25, 0.3) is 10.9 Å². The quantitative estimate of drug-likeness (QED) is 0.586. The van der Waals surface area contributed by atoms with Gasteiger partial charge in [0.1, 0.15) is 0 Å². The van der Waals surface area contributed by atoms with Crippen LogP contribution in [0.3, 0.4) is 0 Å². The molecule has 7 heteroatoms. The number of para-hydroxylation sites is 1. The summed E-state index contributed by atoms with van der Waals surface area (Å²) in [4.78, 5) is 15.8. The van der Waals surface area contributed by atoms with Crippen molar-refractivity contribution in [2.75, 3.05) is 6.54 Å². The Balaban J connectivity index is 1.40. The largest absolute Gasteiger partial charge is 0.361 e. The summed E-state index contributed by atoms with van der Waals surface area (Å²) in [6, 6.07) is 14.2. The molecule has 1 fully saturated rings. The lowest BCUT2D eigenvalue weighted by molar-refractivity contribution is 0.0954. The number of aromatic nitrogens is 1. The number of benzene rings is 2. The van der Waals surface area contributed by atoms with E-state index in [0.717, 1.165) is 29.3 Å². The minimum absolute atomic E-state index is 0.0312. The number of carbonyl (C=O) groups is 1. The highest BCUT2D eigenvalue weighted by Gasteiger charge is 2.28. The van der Waals surface area contributed by atoms with E-state index in [2.05, 4.69) is 15.0 Å². The lowest BCUT2D eigenvalue weighted by Crippen LogP contribution is -2.27. The van der Waals surface area contributed by atoms with Crippen LogP contribution in [0.15, 0.2) is 59.6 Å². The zero-order valence-corrected chi connectivity index (χ0v) is 15.6. The third-order valence-electron chi connectivity index (χ3n) is 4.66. The molecule has 1 aliphatic rings. The van der Waals surface area contributed by atoms with Gasteiger partial charge in [-0.2, -0.15) is 0 Å². The van der Waals surface area contributed by atoms with Crippen molar-refractivity contribution in [3.05, 3.63) is 65.9 Å². The van der Waals surface area contributed by atoms with E-state index < -0.39 is 10.0 Å². The van der Waals surface area contributed by atoms with Crippen LogP contribution in [0.2, 0.25) is 0 Å². The maximum absolute atomic E-state index is 12.4. The fourth-order valence-electron chi connectivity index (χ4n) is 3.04. The van der Waals surface area contributed by atoms with Gasteiger partial charge >= 0.3 is 0 Å². The second kappa shape index (κ2) is 7.17.